The third-order valence-corrected chi connectivity index (χ3v) is 4.93. The van der Waals surface area contributed by atoms with Crippen molar-refractivity contribution >= 4 is 21.4 Å². The van der Waals surface area contributed by atoms with E-state index in [0.29, 0.717) is 5.56 Å². The summed E-state index contributed by atoms with van der Waals surface area (Å²) in [6.45, 7) is 5.14. The zero-order valence-electron chi connectivity index (χ0n) is 13.3. The van der Waals surface area contributed by atoms with E-state index in [0.717, 1.165) is 16.5 Å². The molecule has 1 N–H and O–H groups in total. The molecule has 0 aliphatic heterocycles. The van der Waals surface area contributed by atoms with E-state index in [-0.39, 0.29) is 16.5 Å². The quantitative estimate of drug-likeness (QED) is 0.937. The Morgan fingerprint density at radius 2 is 1.65 bits per heavy atom. The molecule has 0 aliphatic rings. The maximum Gasteiger partial charge on any atom is 0.221 e. The fraction of sp³-hybridized carbons (Fsp3) is 0.167. The summed E-state index contributed by atoms with van der Waals surface area (Å²) in [5, 5.41) is 3.70. The average molecular weight is 329 g/mol. The smallest absolute Gasteiger partial charge is 0.221 e. The number of rotatable bonds is 4. The predicted molar refractivity (Wildman–Crippen MR) is 91.3 cm³/mol. The van der Waals surface area contributed by atoms with E-state index in [1.807, 2.05) is 19.9 Å². The van der Waals surface area contributed by atoms with Crippen LogP contribution in [0.15, 0.2) is 58.8 Å². The number of nitrogens with one attached hydrogen (secondary N) is 1. The van der Waals surface area contributed by atoms with Gasteiger partial charge >= 0.3 is 0 Å². The highest BCUT2D eigenvalue weighted by Gasteiger charge is 2.15. The maximum atomic E-state index is 12.6. The van der Waals surface area contributed by atoms with Crippen LogP contribution in [0.3, 0.4) is 0 Å². The molecule has 5 heteroatoms. The van der Waals surface area contributed by atoms with Crippen molar-refractivity contribution in [2.24, 2.45) is 0 Å². The first-order valence-electron chi connectivity index (χ1n) is 7.16. The maximum absolute atomic E-state index is 12.6. The van der Waals surface area contributed by atoms with Gasteiger partial charge in [0.15, 0.2) is 0 Å². The number of benzene rings is 2. The molecule has 2 aromatic carbocycles. The first-order valence-corrected chi connectivity index (χ1v) is 8.71. The summed E-state index contributed by atoms with van der Waals surface area (Å²) in [6, 6.07) is 13.9. The Hall–Kier alpha value is -2.40. The SMILES string of the molecule is CC(=O)N/C(=C/S(=O)(=O)c1ccc(C)c(C)c1)c1ccccc1. The van der Waals surface area contributed by atoms with Crippen molar-refractivity contribution in [2.75, 3.05) is 0 Å². The van der Waals surface area contributed by atoms with Gasteiger partial charge in [-0.05, 0) is 42.7 Å². The Morgan fingerprint density at radius 1 is 1.00 bits per heavy atom. The van der Waals surface area contributed by atoms with Gasteiger partial charge in [-0.2, -0.15) is 0 Å². The van der Waals surface area contributed by atoms with Gasteiger partial charge in [0.2, 0.25) is 15.7 Å². The first-order chi connectivity index (χ1) is 10.8. The molecular weight excluding hydrogens is 310 g/mol. The molecule has 0 heterocycles. The normalized spacial score (nSPS) is 12.0. The van der Waals surface area contributed by atoms with Crippen LogP contribution < -0.4 is 5.32 Å². The van der Waals surface area contributed by atoms with E-state index >= 15 is 0 Å². The molecule has 0 unspecified atom stereocenters. The standard InChI is InChI=1S/C18H19NO3S/c1-13-9-10-17(11-14(13)2)23(21,22)12-18(19-15(3)20)16-7-5-4-6-8-16/h4-12H,1-3H3,(H,19,20)/b18-12+. The third kappa shape index (κ3) is 4.29. The van der Waals surface area contributed by atoms with Gasteiger partial charge in [-0.1, -0.05) is 36.4 Å². The van der Waals surface area contributed by atoms with Crippen LogP contribution in [0.4, 0.5) is 0 Å². The van der Waals surface area contributed by atoms with Gasteiger partial charge in [-0.15, -0.1) is 0 Å². The highest BCUT2D eigenvalue weighted by atomic mass is 32.2. The van der Waals surface area contributed by atoms with Crippen molar-refractivity contribution in [3.63, 3.8) is 0 Å². The van der Waals surface area contributed by atoms with E-state index in [2.05, 4.69) is 5.32 Å². The number of carbonyl (C=O) groups is 1. The zero-order chi connectivity index (χ0) is 17.0. The van der Waals surface area contributed by atoms with Crippen molar-refractivity contribution in [2.45, 2.75) is 25.7 Å². The number of sulfone groups is 1. The Morgan fingerprint density at radius 3 is 2.22 bits per heavy atom. The lowest BCUT2D eigenvalue weighted by molar-refractivity contribution is -0.117. The van der Waals surface area contributed by atoms with Gasteiger partial charge in [0, 0.05) is 6.92 Å². The van der Waals surface area contributed by atoms with Crippen LogP contribution in [-0.4, -0.2) is 14.3 Å². The predicted octanol–water partition coefficient (Wildman–Crippen LogP) is 3.21. The molecular formula is C18H19NO3S. The summed E-state index contributed by atoms with van der Waals surface area (Å²) in [6.07, 6.45) is 0. The summed E-state index contributed by atoms with van der Waals surface area (Å²) in [5.41, 5.74) is 2.82. The summed E-state index contributed by atoms with van der Waals surface area (Å²) in [7, 11) is -3.67. The van der Waals surface area contributed by atoms with Crippen molar-refractivity contribution in [1.82, 2.24) is 5.32 Å². The molecule has 0 saturated heterocycles. The van der Waals surface area contributed by atoms with Gasteiger partial charge < -0.3 is 5.32 Å². The van der Waals surface area contributed by atoms with E-state index in [9.17, 15) is 13.2 Å². The molecule has 0 aromatic heterocycles. The molecule has 0 fully saturated rings. The molecule has 23 heavy (non-hydrogen) atoms. The summed E-state index contributed by atoms with van der Waals surface area (Å²) in [5.74, 6) is -0.324. The van der Waals surface area contributed by atoms with Crippen molar-refractivity contribution < 1.29 is 13.2 Å². The highest BCUT2D eigenvalue weighted by Crippen LogP contribution is 2.20. The fourth-order valence-corrected chi connectivity index (χ4v) is 3.33. The minimum atomic E-state index is -3.67. The van der Waals surface area contributed by atoms with Crippen LogP contribution in [0.5, 0.6) is 0 Å². The zero-order valence-corrected chi connectivity index (χ0v) is 14.1. The largest absolute Gasteiger partial charge is 0.325 e. The lowest BCUT2D eigenvalue weighted by Gasteiger charge is -2.10. The fourth-order valence-electron chi connectivity index (χ4n) is 2.09. The minimum absolute atomic E-state index is 0.208. The number of hydrogen-bond donors (Lipinski definition) is 1. The number of amides is 1. The molecule has 0 atom stereocenters. The number of hydrogen-bond acceptors (Lipinski definition) is 3. The van der Waals surface area contributed by atoms with Crippen LogP contribution in [-0.2, 0) is 14.6 Å². The lowest BCUT2D eigenvalue weighted by atomic mass is 10.1. The Kier molecular flexibility index (Phi) is 5.01. The second-order valence-electron chi connectivity index (χ2n) is 5.37. The summed E-state index contributed by atoms with van der Waals surface area (Å²) < 4.78 is 25.3. The highest BCUT2D eigenvalue weighted by molar-refractivity contribution is 7.94. The molecule has 0 bridgehead atoms. The van der Waals surface area contributed by atoms with Crippen LogP contribution in [0, 0.1) is 13.8 Å². The first kappa shape index (κ1) is 17.0. The Balaban J connectivity index is 2.52. The van der Waals surface area contributed by atoms with Gasteiger partial charge in [-0.25, -0.2) is 8.42 Å². The Labute approximate surface area is 136 Å². The molecule has 0 saturated carbocycles. The molecule has 0 radical (unpaired) electrons. The van der Waals surface area contributed by atoms with Crippen molar-refractivity contribution in [1.29, 1.82) is 0 Å². The van der Waals surface area contributed by atoms with E-state index in [1.54, 1.807) is 42.5 Å². The topological polar surface area (TPSA) is 63.2 Å². The minimum Gasteiger partial charge on any atom is -0.325 e. The third-order valence-electron chi connectivity index (χ3n) is 3.48. The monoisotopic (exact) mass is 329 g/mol. The molecule has 2 aromatic rings. The average Bonchev–Trinajstić information content (AvgIpc) is 2.49. The van der Waals surface area contributed by atoms with Crippen molar-refractivity contribution in [3.05, 3.63) is 70.6 Å². The molecule has 2 rings (SSSR count). The van der Waals surface area contributed by atoms with Gasteiger partial charge in [-0.3, -0.25) is 4.79 Å². The summed E-state index contributed by atoms with van der Waals surface area (Å²) in [4.78, 5) is 11.6. The van der Waals surface area contributed by atoms with Gasteiger partial charge in [0.05, 0.1) is 16.0 Å². The molecule has 0 spiro atoms. The van der Waals surface area contributed by atoms with Gasteiger partial charge in [0.25, 0.3) is 0 Å². The van der Waals surface area contributed by atoms with Gasteiger partial charge in [0.1, 0.15) is 0 Å². The van der Waals surface area contributed by atoms with E-state index in [1.165, 1.54) is 6.92 Å². The molecule has 1 amide bonds. The number of carbonyl (C=O) groups excluding carboxylic acids is 1. The summed E-state index contributed by atoms with van der Waals surface area (Å²) >= 11 is 0. The second-order valence-corrected chi connectivity index (χ2v) is 7.17. The van der Waals surface area contributed by atoms with Crippen LogP contribution >= 0.6 is 0 Å². The van der Waals surface area contributed by atoms with E-state index in [4.69, 9.17) is 0 Å². The number of aryl methyl sites for hydroxylation is 2. The van der Waals surface area contributed by atoms with Crippen LogP contribution in [0.25, 0.3) is 5.70 Å². The van der Waals surface area contributed by atoms with Crippen molar-refractivity contribution in [3.8, 4) is 0 Å². The molecule has 120 valence electrons. The molecule has 4 nitrogen and oxygen atoms in total. The lowest BCUT2D eigenvalue weighted by Crippen LogP contribution is -2.19. The van der Waals surface area contributed by atoms with E-state index < -0.39 is 9.84 Å². The second kappa shape index (κ2) is 6.79. The Bertz CT molecular complexity index is 853. The van der Waals surface area contributed by atoms with Crippen LogP contribution in [0.1, 0.15) is 23.6 Å². The molecule has 0 aliphatic carbocycles. The van der Waals surface area contributed by atoms with Crippen LogP contribution in [0.2, 0.25) is 0 Å².